The zero-order valence-electron chi connectivity index (χ0n) is 10.3. The average Bonchev–Trinajstić information content (AvgIpc) is 2.30. The highest BCUT2D eigenvalue weighted by Gasteiger charge is 2.18. The molecule has 17 heavy (non-hydrogen) atoms. The Morgan fingerprint density at radius 3 is 2.65 bits per heavy atom. The largest absolute Gasteiger partial charge is 0.399 e. The highest BCUT2D eigenvalue weighted by Crippen LogP contribution is 2.27. The van der Waals surface area contributed by atoms with E-state index >= 15 is 0 Å². The van der Waals surface area contributed by atoms with Gasteiger partial charge in [0.15, 0.2) is 0 Å². The van der Waals surface area contributed by atoms with Crippen LogP contribution in [0.5, 0.6) is 0 Å². The van der Waals surface area contributed by atoms with Crippen molar-refractivity contribution >= 4 is 21.6 Å². The van der Waals surface area contributed by atoms with E-state index in [-0.39, 0.29) is 0 Å². The molecule has 0 bridgehead atoms. The lowest BCUT2D eigenvalue weighted by Gasteiger charge is -2.26. The SMILES string of the molecule is CC1CCC(OCc2ccc(N)cc2Br)CC1. The summed E-state index contributed by atoms with van der Waals surface area (Å²) < 4.78 is 7.01. The van der Waals surface area contributed by atoms with Gasteiger partial charge in [-0.05, 0) is 49.3 Å². The van der Waals surface area contributed by atoms with Crippen LogP contribution in [-0.2, 0) is 11.3 Å². The third-order valence-electron chi connectivity index (χ3n) is 3.51. The van der Waals surface area contributed by atoms with Crippen molar-refractivity contribution in [3.05, 3.63) is 28.2 Å². The molecule has 0 aromatic heterocycles. The average molecular weight is 298 g/mol. The van der Waals surface area contributed by atoms with E-state index in [0.29, 0.717) is 12.7 Å². The lowest BCUT2D eigenvalue weighted by atomic mass is 9.89. The normalized spacial score (nSPS) is 24.8. The molecule has 1 saturated carbocycles. The minimum absolute atomic E-state index is 0.440. The molecule has 2 nitrogen and oxygen atoms in total. The summed E-state index contributed by atoms with van der Waals surface area (Å²) in [7, 11) is 0. The quantitative estimate of drug-likeness (QED) is 0.852. The summed E-state index contributed by atoms with van der Waals surface area (Å²) in [6.07, 6.45) is 5.44. The predicted molar refractivity (Wildman–Crippen MR) is 74.8 cm³/mol. The standard InChI is InChI=1S/C14H20BrNO/c1-10-2-6-13(7-3-10)17-9-11-4-5-12(16)8-14(11)15/h4-5,8,10,13H,2-3,6-7,9,16H2,1H3. The third-order valence-corrected chi connectivity index (χ3v) is 4.25. The van der Waals surface area contributed by atoms with Crippen LogP contribution in [0.3, 0.4) is 0 Å². The third kappa shape index (κ3) is 3.71. The van der Waals surface area contributed by atoms with Crippen LogP contribution in [0.15, 0.2) is 22.7 Å². The molecule has 1 aliphatic rings. The lowest BCUT2D eigenvalue weighted by Crippen LogP contribution is -2.20. The summed E-state index contributed by atoms with van der Waals surface area (Å²) in [6, 6.07) is 5.89. The van der Waals surface area contributed by atoms with Crippen molar-refractivity contribution in [2.24, 2.45) is 5.92 Å². The summed E-state index contributed by atoms with van der Waals surface area (Å²) in [5.41, 5.74) is 7.67. The second kappa shape index (κ2) is 5.87. The van der Waals surface area contributed by atoms with Gasteiger partial charge in [-0.1, -0.05) is 28.9 Å². The Kier molecular flexibility index (Phi) is 4.46. The Labute approximate surface area is 112 Å². The first-order valence-corrected chi connectivity index (χ1v) is 7.10. The molecular formula is C14H20BrNO. The van der Waals surface area contributed by atoms with Gasteiger partial charge in [-0.15, -0.1) is 0 Å². The fraction of sp³-hybridized carbons (Fsp3) is 0.571. The predicted octanol–water partition coefficient (Wildman–Crippen LogP) is 4.13. The number of rotatable bonds is 3. The van der Waals surface area contributed by atoms with Crippen molar-refractivity contribution in [1.82, 2.24) is 0 Å². The van der Waals surface area contributed by atoms with E-state index in [2.05, 4.69) is 22.9 Å². The van der Waals surface area contributed by atoms with Gasteiger partial charge in [0.05, 0.1) is 12.7 Å². The second-order valence-electron chi connectivity index (χ2n) is 5.04. The zero-order valence-corrected chi connectivity index (χ0v) is 11.9. The fourth-order valence-electron chi connectivity index (χ4n) is 2.28. The summed E-state index contributed by atoms with van der Waals surface area (Å²) in [5, 5.41) is 0. The van der Waals surface area contributed by atoms with Gasteiger partial charge in [-0.2, -0.15) is 0 Å². The van der Waals surface area contributed by atoms with Crippen molar-refractivity contribution in [3.63, 3.8) is 0 Å². The summed E-state index contributed by atoms with van der Waals surface area (Å²) in [5.74, 6) is 0.873. The smallest absolute Gasteiger partial charge is 0.0731 e. The molecule has 0 radical (unpaired) electrons. The highest BCUT2D eigenvalue weighted by atomic mass is 79.9. The van der Waals surface area contributed by atoms with Crippen LogP contribution in [0.4, 0.5) is 5.69 Å². The fourth-order valence-corrected chi connectivity index (χ4v) is 2.80. The van der Waals surface area contributed by atoms with E-state index in [0.717, 1.165) is 16.1 Å². The summed E-state index contributed by atoms with van der Waals surface area (Å²) >= 11 is 3.52. The van der Waals surface area contributed by atoms with Crippen molar-refractivity contribution in [1.29, 1.82) is 0 Å². The van der Waals surface area contributed by atoms with Crippen LogP contribution in [0.25, 0.3) is 0 Å². The maximum Gasteiger partial charge on any atom is 0.0731 e. The first kappa shape index (κ1) is 12.9. The second-order valence-corrected chi connectivity index (χ2v) is 5.90. The number of benzene rings is 1. The van der Waals surface area contributed by atoms with Crippen LogP contribution in [-0.4, -0.2) is 6.10 Å². The van der Waals surface area contributed by atoms with Crippen LogP contribution in [0.2, 0.25) is 0 Å². The molecule has 1 aliphatic carbocycles. The van der Waals surface area contributed by atoms with E-state index in [4.69, 9.17) is 10.5 Å². The van der Waals surface area contributed by atoms with Crippen LogP contribution < -0.4 is 5.73 Å². The number of halogens is 1. The van der Waals surface area contributed by atoms with Crippen molar-refractivity contribution in [2.45, 2.75) is 45.3 Å². The number of nitrogen functional groups attached to an aromatic ring is 1. The van der Waals surface area contributed by atoms with Crippen molar-refractivity contribution in [2.75, 3.05) is 5.73 Å². The van der Waals surface area contributed by atoms with Gasteiger partial charge in [0.1, 0.15) is 0 Å². The number of anilines is 1. The maximum absolute atomic E-state index is 5.97. The topological polar surface area (TPSA) is 35.2 Å². The van der Waals surface area contributed by atoms with Gasteiger partial charge in [0, 0.05) is 10.2 Å². The molecular weight excluding hydrogens is 278 g/mol. The molecule has 3 heteroatoms. The number of ether oxygens (including phenoxy) is 1. The van der Waals surface area contributed by atoms with Gasteiger partial charge >= 0.3 is 0 Å². The summed E-state index contributed by atoms with van der Waals surface area (Å²) in [4.78, 5) is 0. The highest BCUT2D eigenvalue weighted by molar-refractivity contribution is 9.10. The maximum atomic E-state index is 5.97. The van der Waals surface area contributed by atoms with Gasteiger partial charge in [0.2, 0.25) is 0 Å². The van der Waals surface area contributed by atoms with E-state index < -0.39 is 0 Å². The van der Waals surface area contributed by atoms with Crippen LogP contribution in [0.1, 0.15) is 38.2 Å². The van der Waals surface area contributed by atoms with Gasteiger partial charge < -0.3 is 10.5 Å². The molecule has 1 fully saturated rings. The van der Waals surface area contributed by atoms with E-state index in [1.807, 2.05) is 18.2 Å². The van der Waals surface area contributed by atoms with Crippen LogP contribution >= 0.6 is 15.9 Å². The Hall–Kier alpha value is -0.540. The molecule has 2 N–H and O–H groups in total. The molecule has 0 spiro atoms. The van der Waals surface area contributed by atoms with Gasteiger partial charge in [-0.3, -0.25) is 0 Å². The Morgan fingerprint density at radius 2 is 2.00 bits per heavy atom. The molecule has 0 unspecified atom stereocenters. The monoisotopic (exact) mass is 297 g/mol. The number of hydrogen-bond acceptors (Lipinski definition) is 2. The molecule has 0 aliphatic heterocycles. The van der Waals surface area contributed by atoms with Crippen molar-refractivity contribution < 1.29 is 4.74 Å². The Morgan fingerprint density at radius 1 is 1.29 bits per heavy atom. The zero-order chi connectivity index (χ0) is 12.3. The first-order valence-electron chi connectivity index (χ1n) is 6.30. The minimum atomic E-state index is 0.440. The summed E-state index contributed by atoms with van der Waals surface area (Å²) in [6.45, 7) is 3.01. The molecule has 1 aromatic rings. The molecule has 0 amide bonds. The lowest BCUT2D eigenvalue weighted by molar-refractivity contribution is 0.00854. The minimum Gasteiger partial charge on any atom is -0.399 e. The molecule has 2 rings (SSSR count). The Balaban J connectivity index is 1.85. The van der Waals surface area contributed by atoms with E-state index in [1.54, 1.807) is 0 Å². The van der Waals surface area contributed by atoms with Gasteiger partial charge in [-0.25, -0.2) is 0 Å². The first-order chi connectivity index (χ1) is 8.15. The number of hydrogen-bond donors (Lipinski definition) is 1. The van der Waals surface area contributed by atoms with Crippen LogP contribution in [0, 0.1) is 5.92 Å². The number of nitrogens with two attached hydrogens (primary N) is 1. The van der Waals surface area contributed by atoms with E-state index in [1.165, 1.54) is 31.2 Å². The molecule has 94 valence electrons. The van der Waals surface area contributed by atoms with Gasteiger partial charge in [0.25, 0.3) is 0 Å². The van der Waals surface area contributed by atoms with E-state index in [9.17, 15) is 0 Å². The molecule has 0 atom stereocenters. The molecule has 0 saturated heterocycles. The molecule has 1 aromatic carbocycles. The molecule has 0 heterocycles. The Bertz CT molecular complexity index is 372. The van der Waals surface area contributed by atoms with Crippen molar-refractivity contribution in [3.8, 4) is 0 Å².